The van der Waals surface area contributed by atoms with E-state index in [0.29, 0.717) is 42.0 Å². The van der Waals surface area contributed by atoms with E-state index in [1.807, 2.05) is 42.6 Å². The lowest BCUT2D eigenvalue weighted by atomic mass is 10.1. The largest absolute Gasteiger partial charge is 0.493 e. The summed E-state index contributed by atoms with van der Waals surface area (Å²) < 4.78 is 12.6. The molecule has 0 saturated heterocycles. The first-order chi connectivity index (χ1) is 17.0. The number of carbonyl (C=O) groups is 1. The monoisotopic (exact) mass is 493 g/mol. The summed E-state index contributed by atoms with van der Waals surface area (Å²) in [6, 6.07) is 16.3. The van der Waals surface area contributed by atoms with Crippen LogP contribution in [0.15, 0.2) is 69.6 Å². The van der Waals surface area contributed by atoms with Crippen molar-refractivity contribution < 1.29 is 14.3 Å². The number of H-pyrrole nitrogens is 1. The molecule has 2 aromatic carbocycles. The summed E-state index contributed by atoms with van der Waals surface area (Å²) in [6.45, 7) is 3.34. The fourth-order valence-electron chi connectivity index (χ4n) is 3.84. The first-order valence-corrected chi connectivity index (χ1v) is 12.2. The zero-order valence-corrected chi connectivity index (χ0v) is 20.5. The normalized spacial score (nSPS) is 10.9. The molecule has 1 N–H and O–H groups in total. The van der Waals surface area contributed by atoms with Crippen molar-refractivity contribution in [2.75, 3.05) is 13.7 Å². The van der Waals surface area contributed by atoms with Crippen molar-refractivity contribution in [3.05, 3.63) is 91.1 Å². The molecule has 0 aliphatic carbocycles. The molecule has 0 aliphatic heterocycles. The Labute approximate surface area is 206 Å². The van der Waals surface area contributed by atoms with E-state index in [4.69, 9.17) is 9.47 Å². The molecule has 2 aromatic heterocycles. The van der Waals surface area contributed by atoms with Crippen LogP contribution < -0.4 is 20.6 Å². The van der Waals surface area contributed by atoms with Gasteiger partial charge in [-0.15, -0.1) is 11.3 Å². The SMILES string of the molecule is CCN(Cc1ccc(OCc2cccs2)c(OC)c1)C(=O)CCn1[nH]c(=O)c2ccccc2c1=O. The molecule has 0 aliphatic rings. The molecule has 0 spiro atoms. The number of nitrogens with zero attached hydrogens (tertiary/aromatic N) is 2. The lowest BCUT2D eigenvalue weighted by Crippen LogP contribution is -2.34. The van der Waals surface area contributed by atoms with E-state index in [-0.39, 0.29) is 30.0 Å². The van der Waals surface area contributed by atoms with Gasteiger partial charge in [0.2, 0.25) is 5.91 Å². The average molecular weight is 494 g/mol. The number of nitrogens with one attached hydrogen (secondary N) is 1. The number of aryl methyl sites for hydroxylation is 1. The van der Waals surface area contributed by atoms with Gasteiger partial charge in [0.25, 0.3) is 11.1 Å². The summed E-state index contributed by atoms with van der Waals surface area (Å²) in [7, 11) is 1.59. The number of benzene rings is 2. The molecule has 4 aromatic rings. The van der Waals surface area contributed by atoms with Gasteiger partial charge in [-0.3, -0.25) is 19.5 Å². The summed E-state index contributed by atoms with van der Waals surface area (Å²) in [5.74, 6) is 1.12. The summed E-state index contributed by atoms with van der Waals surface area (Å²) >= 11 is 1.63. The molecule has 2 heterocycles. The third kappa shape index (κ3) is 5.63. The number of aromatic nitrogens is 2. The minimum Gasteiger partial charge on any atom is -0.493 e. The number of ether oxygens (including phenoxy) is 2. The van der Waals surface area contributed by atoms with Crippen LogP contribution in [0.3, 0.4) is 0 Å². The van der Waals surface area contributed by atoms with Crippen LogP contribution in [0.25, 0.3) is 10.8 Å². The second-order valence-corrected chi connectivity index (χ2v) is 8.99. The van der Waals surface area contributed by atoms with Crippen LogP contribution in [-0.2, 0) is 24.5 Å². The van der Waals surface area contributed by atoms with Crippen LogP contribution in [0.5, 0.6) is 11.5 Å². The van der Waals surface area contributed by atoms with Gasteiger partial charge in [0.15, 0.2) is 11.5 Å². The van der Waals surface area contributed by atoms with Crippen molar-refractivity contribution in [1.82, 2.24) is 14.7 Å². The van der Waals surface area contributed by atoms with Gasteiger partial charge < -0.3 is 14.4 Å². The van der Waals surface area contributed by atoms with Gasteiger partial charge in [0, 0.05) is 24.4 Å². The highest BCUT2D eigenvalue weighted by Crippen LogP contribution is 2.29. The fraction of sp³-hybridized carbons (Fsp3) is 0.269. The van der Waals surface area contributed by atoms with Gasteiger partial charge in [-0.2, -0.15) is 0 Å². The molecule has 4 rings (SSSR count). The highest BCUT2D eigenvalue weighted by molar-refractivity contribution is 7.09. The first-order valence-electron chi connectivity index (χ1n) is 11.3. The standard InChI is InChI=1S/C26H27N3O5S/c1-3-28(16-18-10-11-22(23(15-18)33-2)34-17-19-7-6-14-35-19)24(30)12-13-29-26(32)21-9-5-4-8-20(21)25(31)27-29/h4-11,14-15H,3,12-13,16-17H2,1-2H3,(H,27,31). The van der Waals surface area contributed by atoms with E-state index < -0.39 is 0 Å². The van der Waals surface area contributed by atoms with Crippen LogP contribution in [0.2, 0.25) is 0 Å². The molecule has 1 amide bonds. The number of rotatable bonds is 10. The number of amides is 1. The van der Waals surface area contributed by atoms with Gasteiger partial charge >= 0.3 is 0 Å². The Kier molecular flexibility index (Phi) is 7.67. The Morgan fingerprint density at radius 1 is 1.06 bits per heavy atom. The van der Waals surface area contributed by atoms with Crippen LogP contribution in [-0.4, -0.2) is 34.2 Å². The number of carbonyl (C=O) groups excluding carboxylic acids is 1. The Morgan fingerprint density at radius 3 is 2.57 bits per heavy atom. The van der Waals surface area contributed by atoms with Gasteiger partial charge in [-0.25, -0.2) is 4.68 Å². The van der Waals surface area contributed by atoms with E-state index in [0.717, 1.165) is 10.4 Å². The van der Waals surface area contributed by atoms with E-state index in [9.17, 15) is 14.4 Å². The first kappa shape index (κ1) is 24.3. The Bertz CT molecular complexity index is 1430. The highest BCUT2D eigenvalue weighted by atomic mass is 32.1. The molecule has 0 saturated carbocycles. The van der Waals surface area contributed by atoms with Gasteiger partial charge in [0.05, 0.1) is 24.4 Å². The van der Waals surface area contributed by atoms with Crippen molar-refractivity contribution >= 4 is 28.0 Å². The van der Waals surface area contributed by atoms with Crippen molar-refractivity contribution in [1.29, 1.82) is 0 Å². The quantitative estimate of drug-likeness (QED) is 0.363. The number of thiophene rings is 1. The molecule has 9 heteroatoms. The van der Waals surface area contributed by atoms with Crippen molar-refractivity contribution in [3.8, 4) is 11.5 Å². The van der Waals surface area contributed by atoms with Crippen LogP contribution in [0.4, 0.5) is 0 Å². The maximum absolute atomic E-state index is 12.9. The maximum Gasteiger partial charge on any atom is 0.273 e. The van der Waals surface area contributed by atoms with Crippen molar-refractivity contribution in [2.24, 2.45) is 0 Å². The average Bonchev–Trinajstić information content (AvgIpc) is 3.41. The number of aromatic amines is 1. The van der Waals surface area contributed by atoms with Crippen molar-refractivity contribution in [3.63, 3.8) is 0 Å². The number of hydrogen-bond donors (Lipinski definition) is 1. The second-order valence-electron chi connectivity index (χ2n) is 7.95. The molecule has 182 valence electrons. The molecule has 35 heavy (non-hydrogen) atoms. The van der Waals surface area contributed by atoms with Crippen molar-refractivity contribution in [2.45, 2.75) is 33.0 Å². The van der Waals surface area contributed by atoms with Crippen LogP contribution in [0.1, 0.15) is 23.8 Å². The predicted octanol–water partition coefficient (Wildman–Crippen LogP) is 3.78. The van der Waals surface area contributed by atoms with E-state index in [1.165, 1.54) is 4.68 Å². The molecule has 0 unspecified atom stereocenters. The Hall–Kier alpha value is -3.85. The smallest absolute Gasteiger partial charge is 0.273 e. The summed E-state index contributed by atoms with van der Waals surface area (Å²) in [5.41, 5.74) is 0.226. The number of methoxy groups -OCH3 is 1. The van der Waals surface area contributed by atoms with E-state index in [2.05, 4.69) is 5.10 Å². The predicted molar refractivity (Wildman–Crippen MR) is 136 cm³/mol. The summed E-state index contributed by atoms with van der Waals surface area (Å²) in [6.07, 6.45) is 0.0845. The van der Waals surface area contributed by atoms with Gasteiger partial charge in [0.1, 0.15) is 6.61 Å². The number of hydrogen-bond acceptors (Lipinski definition) is 6. The highest BCUT2D eigenvalue weighted by Gasteiger charge is 2.15. The van der Waals surface area contributed by atoms with E-state index in [1.54, 1.807) is 47.6 Å². The minimum atomic E-state index is -0.353. The lowest BCUT2D eigenvalue weighted by molar-refractivity contribution is -0.131. The zero-order chi connectivity index (χ0) is 24.8. The van der Waals surface area contributed by atoms with Gasteiger partial charge in [-0.1, -0.05) is 24.3 Å². The summed E-state index contributed by atoms with van der Waals surface area (Å²) in [4.78, 5) is 40.7. The molecule has 8 nitrogen and oxygen atoms in total. The molecular formula is C26H27N3O5S. The maximum atomic E-state index is 12.9. The molecule has 0 bridgehead atoms. The molecular weight excluding hydrogens is 466 g/mol. The third-order valence-electron chi connectivity index (χ3n) is 5.72. The van der Waals surface area contributed by atoms with Crippen LogP contribution in [0, 0.1) is 0 Å². The lowest BCUT2D eigenvalue weighted by Gasteiger charge is -2.22. The zero-order valence-electron chi connectivity index (χ0n) is 19.7. The number of fused-ring (bicyclic) bond motifs is 1. The van der Waals surface area contributed by atoms with Gasteiger partial charge in [-0.05, 0) is 48.2 Å². The Balaban J connectivity index is 1.42. The van der Waals surface area contributed by atoms with E-state index >= 15 is 0 Å². The van der Waals surface area contributed by atoms with Crippen LogP contribution >= 0.6 is 11.3 Å². The summed E-state index contributed by atoms with van der Waals surface area (Å²) in [5, 5.41) is 5.25. The minimum absolute atomic E-state index is 0.0845. The Morgan fingerprint density at radius 2 is 1.86 bits per heavy atom. The topological polar surface area (TPSA) is 93.6 Å². The fourth-order valence-corrected chi connectivity index (χ4v) is 4.46. The molecule has 0 atom stereocenters. The third-order valence-corrected chi connectivity index (χ3v) is 6.57. The molecule has 0 radical (unpaired) electrons. The molecule has 0 fully saturated rings. The second kappa shape index (κ2) is 11.1.